The summed E-state index contributed by atoms with van der Waals surface area (Å²) < 4.78 is 7.28. The molecule has 138 valence electrons. The van der Waals surface area contributed by atoms with Crippen LogP contribution in [0.3, 0.4) is 0 Å². The van der Waals surface area contributed by atoms with Gasteiger partial charge in [-0.15, -0.1) is 12.4 Å². The Kier molecular flexibility index (Phi) is 5.15. The quantitative estimate of drug-likeness (QED) is 0.813. The van der Waals surface area contributed by atoms with E-state index in [0.29, 0.717) is 30.1 Å². The van der Waals surface area contributed by atoms with Crippen molar-refractivity contribution in [2.24, 2.45) is 7.05 Å². The molecule has 1 atom stereocenters. The first kappa shape index (κ1) is 18.2. The highest BCUT2D eigenvalue weighted by Crippen LogP contribution is 2.30. The molecule has 2 aliphatic rings. The highest BCUT2D eigenvalue weighted by Gasteiger charge is 2.31. The van der Waals surface area contributed by atoms with E-state index in [1.54, 1.807) is 24.4 Å². The normalized spacial score (nSPS) is 19.0. The van der Waals surface area contributed by atoms with Gasteiger partial charge in [-0.05, 0) is 18.2 Å². The highest BCUT2D eigenvalue weighted by molar-refractivity contribution is 6.00. The predicted molar refractivity (Wildman–Crippen MR) is 97.7 cm³/mol. The molecule has 0 spiro atoms. The largest absolute Gasteiger partial charge is 0.482 e. The lowest BCUT2D eigenvalue weighted by Crippen LogP contribution is -2.49. The SMILES string of the molecule is Cl.Cn1ccnc1C1CNCCN1C(=O)c1ccc2c(c1)NC(=O)CO2. The van der Waals surface area contributed by atoms with E-state index in [1.807, 2.05) is 22.7 Å². The monoisotopic (exact) mass is 377 g/mol. The van der Waals surface area contributed by atoms with Crippen molar-refractivity contribution in [2.75, 3.05) is 31.6 Å². The molecule has 1 unspecified atom stereocenters. The summed E-state index contributed by atoms with van der Waals surface area (Å²) >= 11 is 0. The molecule has 0 radical (unpaired) electrons. The van der Waals surface area contributed by atoms with E-state index in [1.165, 1.54) is 0 Å². The van der Waals surface area contributed by atoms with Crippen LogP contribution in [0.2, 0.25) is 0 Å². The van der Waals surface area contributed by atoms with Crippen molar-refractivity contribution in [1.29, 1.82) is 0 Å². The lowest BCUT2D eigenvalue weighted by Gasteiger charge is -2.36. The number of ether oxygens (including phenoxy) is 1. The molecule has 26 heavy (non-hydrogen) atoms. The van der Waals surface area contributed by atoms with Crippen LogP contribution in [0.15, 0.2) is 30.6 Å². The molecule has 1 aromatic heterocycles. The Balaban J connectivity index is 0.00000196. The number of imidazole rings is 1. The zero-order valence-electron chi connectivity index (χ0n) is 14.3. The summed E-state index contributed by atoms with van der Waals surface area (Å²) in [6, 6.07) is 4.99. The van der Waals surface area contributed by atoms with Crippen molar-refractivity contribution in [1.82, 2.24) is 19.8 Å². The Morgan fingerprint density at radius 2 is 2.23 bits per heavy atom. The number of amides is 2. The zero-order valence-corrected chi connectivity index (χ0v) is 15.1. The van der Waals surface area contributed by atoms with E-state index in [4.69, 9.17) is 4.74 Å². The topological polar surface area (TPSA) is 88.5 Å². The smallest absolute Gasteiger partial charge is 0.262 e. The molecule has 0 bridgehead atoms. The van der Waals surface area contributed by atoms with Gasteiger partial charge in [0.1, 0.15) is 17.6 Å². The molecule has 8 nitrogen and oxygen atoms in total. The number of nitrogens with one attached hydrogen (secondary N) is 2. The molecular weight excluding hydrogens is 358 g/mol. The number of rotatable bonds is 2. The minimum absolute atomic E-state index is 0. The molecule has 0 saturated carbocycles. The van der Waals surface area contributed by atoms with Crippen LogP contribution < -0.4 is 15.4 Å². The third-order valence-corrected chi connectivity index (χ3v) is 4.52. The van der Waals surface area contributed by atoms with Crippen LogP contribution in [-0.4, -0.2) is 52.5 Å². The number of aryl methyl sites for hydroxylation is 1. The third-order valence-electron chi connectivity index (χ3n) is 4.52. The molecule has 2 N–H and O–H groups in total. The lowest BCUT2D eigenvalue weighted by molar-refractivity contribution is -0.118. The second kappa shape index (κ2) is 7.35. The van der Waals surface area contributed by atoms with E-state index in [0.717, 1.165) is 12.4 Å². The molecule has 9 heteroatoms. The average molecular weight is 378 g/mol. The number of hydrogen-bond donors (Lipinski definition) is 2. The first-order valence-corrected chi connectivity index (χ1v) is 8.19. The minimum atomic E-state index is -0.217. The number of halogens is 1. The first-order chi connectivity index (χ1) is 12.1. The summed E-state index contributed by atoms with van der Waals surface area (Å²) in [6.07, 6.45) is 3.61. The van der Waals surface area contributed by atoms with Gasteiger partial charge in [-0.1, -0.05) is 0 Å². The molecule has 0 aliphatic carbocycles. The van der Waals surface area contributed by atoms with Gasteiger partial charge < -0.3 is 24.8 Å². The maximum Gasteiger partial charge on any atom is 0.262 e. The number of carbonyl (C=O) groups is 2. The van der Waals surface area contributed by atoms with Crippen molar-refractivity contribution >= 4 is 29.9 Å². The molecule has 4 rings (SSSR count). The molecule has 1 saturated heterocycles. The number of fused-ring (bicyclic) bond motifs is 1. The zero-order chi connectivity index (χ0) is 17.4. The van der Waals surface area contributed by atoms with Gasteiger partial charge in [0.15, 0.2) is 6.61 Å². The third kappa shape index (κ3) is 3.25. The molecule has 1 aromatic carbocycles. The van der Waals surface area contributed by atoms with Crippen molar-refractivity contribution < 1.29 is 14.3 Å². The summed E-state index contributed by atoms with van der Waals surface area (Å²) in [6.45, 7) is 1.98. The Morgan fingerprint density at radius 3 is 3.00 bits per heavy atom. The van der Waals surface area contributed by atoms with Crippen molar-refractivity contribution in [3.63, 3.8) is 0 Å². The van der Waals surface area contributed by atoms with Crippen LogP contribution >= 0.6 is 12.4 Å². The summed E-state index contributed by atoms with van der Waals surface area (Å²) in [7, 11) is 1.92. The number of hydrogen-bond acceptors (Lipinski definition) is 5. The van der Waals surface area contributed by atoms with E-state index in [-0.39, 0.29) is 36.9 Å². The van der Waals surface area contributed by atoms with E-state index in [2.05, 4.69) is 15.6 Å². The lowest BCUT2D eigenvalue weighted by atomic mass is 10.1. The van der Waals surface area contributed by atoms with Crippen molar-refractivity contribution in [3.05, 3.63) is 42.0 Å². The summed E-state index contributed by atoms with van der Waals surface area (Å²) in [5.41, 5.74) is 1.05. The summed E-state index contributed by atoms with van der Waals surface area (Å²) in [5, 5.41) is 6.06. The second-order valence-electron chi connectivity index (χ2n) is 6.16. The Labute approximate surface area is 156 Å². The average Bonchev–Trinajstić information content (AvgIpc) is 3.06. The number of aromatic nitrogens is 2. The minimum Gasteiger partial charge on any atom is -0.482 e. The van der Waals surface area contributed by atoms with Gasteiger partial charge in [0.05, 0.1) is 5.69 Å². The van der Waals surface area contributed by atoms with Crippen molar-refractivity contribution in [2.45, 2.75) is 6.04 Å². The Bertz CT molecular complexity index is 838. The molecule has 2 amide bonds. The molecular formula is C17H20ClN5O3. The Hall–Kier alpha value is -2.58. The van der Waals surface area contributed by atoms with Gasteiger partial charge in [-0.2, -0.15) is 0 Å². The number of carbonyl (C=O) groups excluding carboxylic acids is 2. The van der Waals surface area contributed by atoms with Crippen LogP contribution in [-0.2, 0) is 11.8 Å². The van der Waals surface area contributed by atoms with E-state index < -0.39 is 0 Å². The Morgan fingerprint density at radius 1 is 1.38 bits per heavy atom. The summed E-state index contributed by atoms with van der Waals surface area (Å²) in [5.74, 6) is 1.12. The fourth-order valence-electron chi connectivity index (χ4n) is 3.26. The standard InChI is InChI=1S/C17H19N5O3.ClH/c1-21-6-5-19-16(21)13-9-18-4-7-22(13)17(24)11-2-3-14-12(8-11)20-15(23)10-25-14;/h2-3,5-6,8,13,18H,4,7,9-10H2,1H3,(H,20,23);1H. The fourth-order valence-corrected chi connectivity index (χ4v) is 3.26. The van der Waals surface area contributed by atoms with Gasteiger partial charge >= 0.3 is 0 Å². The molecule has 3 heterocycles. The van der Waals surface area contributed by atoms with Gasteiger partial charge in [0.2, 0.25) is 0 Å². The van der Waals surface area contributed by atoms with E-state index >= 15 is 0 Å². The van der Waals surface area contributed by atoms with Crippen LogP contribution in [0.25, 0.3) is 0 Å². The second-order valence-corrected chi connectivity index (χ2v) is 6.16. The summed E-state index contributed by atoms with van der Waals surface area (Å²) in [4.78, 5) is 30.8. The van der Waals surface area contributed by atoms with Gasteiger partial charge in [0.25, 0.3) is 11.8 Å². The molecule has 2 aromatic rings. The number of piperazine rings is 1. The maximum atomic E-state index is 13.1. The van der Waals surface area contributed by atoms with Gasteiger partial charge in [0, 0.05) is 44.6 Å². The van der Waals surface area contributed by atoms with Crippen LogP contribution in [0.5, 0.6) is 5.75 Å². The van der Waals surface area contributed by atoms with Crippen LogP contribution in [0.1, 0.15) is 22.2 Å². The number of anilines is 1. The fraction of sp³-hybridized carbons (Fsp3) is 0.353. The number of nitrogens with zero attached hydrogens (tertiary/aromatic N) is 3. The van der Waals surface area contributed by atoms with Crippen molar-refractivity contribution in [3.8, 4) is 5.75 Å². The molecule has 1 fully saturated rings. The van der Waals surface area contributed by atoms with Crippen LogP contribution in [0.4, 0.5) is 5.69 Å². The first-order valence-electron chi connectivity index (χ1n) is 8.19. The van der Waals surface area contributed by atoms with Gasteiger partial charge in [-0.3, -0.25) is 9.59 Å². The van der Waals surface area contributed by atoms with Gasteiger partial charge in [-0.25, -0.2) is 4.98 Å². The maximum absolute atomic E-state index is 13.1. The van der Waals surface area contributed by atoms with E-state index in [9.17, 15) is 9.59 Å². The highest BCUT2D eigenvalue weighted by atomic mass is 35.5. The number of benzene rings is 1. The predicted octanol–water partition coefficient (Wildman–Crippen LogP) is 0.959. The van der Waals surface area contributed by atoms with Crippen LogP contribution in [0, 0.1) is 0 Å². The molecule has 2 aliphatic heterocycles.